The Balaban J connectivity index is 2.09. The van der Waals surface area contributed by atoms with E-state index in [2.05, 4.69) is 5.10 Å². The van der Waals surface area contributed by atoms with Crippen LogP contribution in [0.3, 0.4) is 0 Å². The van der Waals surface area contributed by atoms with Crippen molar-refractivity contribution >= 4 is 11.6 Å². The van der Waals surface area contributed by atoms with Crippen LogP contribution in [0.4, 0.5) is 5.69 Å². The molecule has 5 nitrogen and oxygen atoms in total. The van der Waals surface area contributed by atoms with E-state index in [-0.39, 0.29) is 5.91 Å². The van der Waals surface area contributed by atoms with Crippen molar-refractivity contribution in [3.8, 4) is 0 Å². The molecule has 94 valence electrons. The maximum atomic E-state index is 12.3. The number of anilines is 1. The molecule has 1 aliphatic heterocycles. The summed E-state index contributed by atoms with van der Waals surface area (Å²) in [5.74, 6) is -0.0231. The summed E-state index contributed by atoms with van der Waals surface area (Å²) in [5, 5.41) is 4.14. The van der Waals surface area contributed by atoms with Gasteiger partial charge >= 0.3 is 0 Å². The predicted octanol–water partition coefficient (Wildman–Crippen LogP) is 1.41. The summed E-state index contributed by atoms with van der Waals surface area (Å²) in [7, 11) is 1.78. The minimum absolute atomic E-state index is 0.0231. The Morgan fingerprint density at radius 3 is 2.35 bits per heavy atom. The Morgan fingerprint density at radius 1 is 1.24 bits per heavy atom. The molecule has 0 saturated carbocycles. The van der Waals surface area contributed by atoms with Crippen LogP contribution >= 0.6 is 0 Å². The Kier molecular flexibility index (Phi) is 3.66. The van der Waals surface area contributed by atoms with Crippen LogP contribution in [0.5, 0.6) is 0 Å². The van der Waals surface area contributed by atoms with Crippen molar-refractivity contribution in [1.29, 1.82) is 0 Å². The normalized spacial score (nSPS) is 17.6. The summed E-state index contributed by atoms with van der Waals surface area (Å²) >= 11 is 0. The molecular formula is C12H20N4O. The molecule has 1 aromatic rings. The molecule has 0 atom stereocenters. The zero-order valence-corrected chi connectivity index (χ0v) is 10.4. The zero-order chi connectivity index (χ0) is 12.3. The predicted molar refractivity (Wildman–Crippen MR) is 66.6 cm³/mol. The number of hydrogen-bond acceptors (Lipinski definition) is 3. The van der Waals surface area contributed by atoms with Gasteiger partial charge in [-0.1, -0.05) is 19.3 Å². The molecule has 2 heterocycles. The molecule has 0 radical (unpaired) electrons. The van der Waals surface area contributed by atoms with Crippen molar-refractivity contribution in [2.75, 3.05) is 18.8 Å². The number of aryl methyl sites for hydroxylation is 1. The number of likely N-dealkylation sites (tertiary alicyclic amines) is 1. The summed E-state index contributed by atoms with van der Waals surface area (Å²) in [5.41, 5.74) is 6.66. The fourth-order valence-electron chi connectivity index (χ4n) is 2.27. The van der Waals surface area contributed by atoms with Crippen molar-refractivity contribution in [3.63, 3.8) is 0 Å². The third-order valence-electron chi connectivity index (χ3n) is 3.20. The number of rotatable bonds is 1. The van der Waals surface area contributed by atoms with Crippen molar-refractivity contribution in [2.24, 2.45) is 7.05 Å². The fraction of sp³-hybridized carbons (Fsp3) is 0.667. The van der Waals surface area contributed by atoms with E-state index in [1.54, 1.807) is 17.9 Å². The van der Waals surface area contributed by atoms with Crippen molar-refractivity contribution in [1.82, 2.24) is 14.7 Å². The number of carbonyl (C=O) groups is 1. The van der Waals surface area contributed by atoms with E-state index in [4.69, 9.17) is 5.73 Å². The molecule has 0 bridgehead atoms. The van der Waals surface area contributed by atoms with E-state index in [9.17, 15) is 4.79 Å². The number of amides is 1. The highest BCUT2D eigenvalue weighted by Gasteiger charge is 2.21. The SMILES string of the molecule is Cn1cc(N)c(C(=O)N2CCCCCCC2)n1. The van der Waals surface area contributed by atoms with Gasteiger partial charge in [-0.2, -0.15) is 5.10 Å². The summed E-state index contributed by atoms with van der Waals surface area (Å²) in [6.45, 7) is 1.66. The van der Waals surface area contributed by atoms with E-state index in [1.165, 1.54) is 19.3 Å². The molecule has 1 amide bonds. The Labute approximate surface area is 102 Å². The lowest BCUT2D eigenvalue weighted by atomic mass is 10.1. The van der Waals surface area contributed by atoms with Crippen LogP contribution in [0.2, 0.25) is 0 Å². The van der Waals surface area contributed by atoms with Crippen LogP contribution in [0, 0.1) is 0 Å². The lowest BCUT2D eigenvalue weighted by Crippen LogP contribution is -2.34. The molecule has 0 aromatic carbocycles. The molecule has 1 aromatic heterocycles. The minimum atomic E-state index is -0.0231. The van der Waals surface area contributed by atoms with Gasteiger partial charge in [-0.25, -0.2) is 0 Å². The van der Waals surface area contributed by atoms with Crippen molar-refractivity contribution in [2.45, 2.75) is 32.1 Å². The van der Waals surface area contributed by atoms with Gasteiger partial charge in [-0.15, -0.1) is 0 Å². The standard InChI is InChI=1S/C12H20N4O/c1-15-9-10(13)11(14-15)12(17)16-7-5-3-2-4-6-8-16/h9H,2-8,13H2,1H3. The molecular weight excluding hydrogens is 216 g/mol. The minimum Gasteiger partial charge on any atom is -0.396 e. The topological polar surface area (TPSA) is 64.2 Å². The molecule has 5 heteroatoms. The fourth-order valence-corrected chi connectivity index (χ4v) is 2.27. The summed E-state index contributed by atoms with van der Waals surface area (Å²) in [6.07, 6.45) is 7.55. The number of nitrogens with two attached hydrogens (primary N) is 1. The lowest BCUT2D eigenvalue weighted by Gasteiger charge is -2.24. The van der Waals surface area contributed by atoms with Crippen LogP contribution in [-0.2, 0) is 7.05 Å². The molecule has 1 saturated heterocycles. The number of hydrogen-bond donors (Lipinski definition) is 1. The van der Waals surface area contributed by atoms with Crippen LogP contribution < -0.4 is 5.73 Å². The Morgan fingerprint density at radius 2 is 1.82 bits per heavy atom. The van der Waals surface area contributed by atoms with Gasteiger partial charge in [0.2, 0.25) is 0 Å². The second-order valence-corrected chi connectivity index (χ2v) is 4.67. The third-order valence-corrected chi connectivity index (χ3v) is 3.20. The highest BCUT2D eigenvalue weighted by molar-refractivity contribution is 5.97. The summed E-state index contributed by atoms with van der Waals surface area (Å²) < 4.78 is 1.59. The van der Waals surface area contributed by atoms with Gasteiger partial charge in [-0.05, 0) is 12.8 Å². The molecule has 2 rings (SSSR count). The zero-order valence-electron chi connectivity index (χ0n) is 10.4. The quantitative estimate of drug-likeness (QED) is 0.801. The van der Waals surface area contributed by atoms with Crippen molar-refractivity contribution < 1.29 is 4.79 Å². The maximum Gasteiger partial charge on any atom is 0.276 e. The first-order valence-electron chi connectivity index (χ1n) is 6.27. The van der Waals surface area contributed by atoms with Gasteiger partial charge < -0.3 is 10.6 Å². The van der Waals surface area contributed by atoms with Gasteiger partial charge in [0.05, 0.1) is 5.69 Å². The van der Waals surface area contributed by atoms with Crippen LogP contribution in [0.1, 0.15) is 42.6 Å². The number of carbonyl (C=O) groups excluding carboxylic acids is 1. The lowest BCUT2D eigenvalue weighted by molar-refractivity contribution is 0.0736. The first-order valence-corrected chi connectivity index (χ1v) is 6.27. The molecule has 1 aliphatic rings. The van der Waals surface area contributed by atoms with Gasteiger partial charge in [0.1, 0.15) is 0 Å². The summed E-state index contributed by atoms with van der Waals surface area (Å²) in [6, 6.07) is 0. The number of nitrogen functional groups attached to an aromatic ring is 1. The first-order chi connectivity index (χ1) is 8.18. The Hall–Kier alpha value is -1.52. The van der Waals surface area contributed by atoms with Gasteiger partial charge in [0, 0.05) is 26.3 Å². The van der Waals surface area contributed by atoms with Gasteiger partial charge in [-0.3, -0.25) is 9.48 Å². The van der Waals surface area contributed by atoms with E-state index in [0.29, 0.717) is 11.4 Å². The molecule has 17 heavy (non-hydrogen) atoms. The van der Waals surface area contributed by atoms with E-state index >= 15 is 0 Å². The Bertz CT molecular complexity index is 391. The van der Waals surface area contributed by atoms with Gasteiger partial charge in [0.15, 0.2) is 5.69 Å². The second-order valence-electron chi connectivity index (χ2n) is 4.67. The van der Waals surface area contributed by atoms with Crippen LogP contribution in [-0.4, -0.2) is 33.7 Å². The second kappa shape index (κ2) is 5.21. The molecule has 1 fully saturated rings. The van der Waals surface area contributed by atoms with E-state index < -0.39 is 0 Å². The summed E-state index contributed by atoms with van der Waals surface area (Å²) in [4.78, 5) is 14.2. The maximum absolute atomic E-state index is 12.3. The number of aromatic nitrogens is 2. The monoisotopic (exact) mass is 236 g/mol. The van der Waals surface area contributed by atoms with Crippen LogP contribution in [0.15, 0.2) is 6.20 Å². The largest absolute Gasteiger partial charge is 0.396 e. The highest BCUT2D eigenvalue weighted by Crippen LogP contribution is 2.15. The van der Waals surface area contributed by atoms with E-state index in [0.717, 1.165) is 25.9 Å². The highest BCUT2D eigenvalue weighted by atomic mass is 16.2. The van der Waals surface area contributed by atoms with Gasteiger partial charge in [0.25, 0.3) is 5.91 Å². The van der Waals surface area contributed by atoms with Crippen LogP contribution in [0.25, 0.3) is 0 Å². The van der Waals surface area contributed by atoms with Crippen molar-refractivity contribution in [3.05, 3.63) is 11.9 Å². The smallest absolute Gasteiger partial charge is 0.276 e. The molecule has 0 unspecified atom stereocenters. The van der Waals surface area contributed by atoms with E-state index in [1.807, 2.05) is 4.90 Å². The number of nitrogens with zero attached hydrogens (tertiary/aromatic N) is 3. The first kappa shape index (κ1) is 12.0. The molecule has 0 spiro atoms. The molecule has 0 aliphatic carbocycles. The average molecular weight is 236 g/mol. The molecule has 2 N–H and O–H groups in total. The third kappa shape index (κ3) is 2.78. The average Bonchev–Trinajstić information content (AvgIpc) is 2.56.